The Morgan fingerprint density at radius 2 is 2.00 bits per heavy atom. The summed E-state index contributed by atoms with van der Waals surface area (Å²) in [7, 11) is -3.01. The summed E-state index contributed by atoms with van der Waals surface area (Å²) in [6.45, 7) is 4.13. The average Bonchev–Trinajstić information content (AvgIpc) is 1.85. The van der Waals surface area contributed by atoms with Gasteiger partial charge in [-0.2, -0.15) is 0 Å². The van der Waals surface area contributed by atoms with Crippen LogP contribution in [0.5, 0.6) is 0 Å². The Kier molecular flexibility index (Phi) is 3.75. The maximum absolute atomic E-state index is 11.2. The van der Waals surface area contributed by atoms with Gasteiger partial charge in [0.2, 0.25) is 0 Å². The fraction of sp³-hybridized carbons (Fsp3) is 0.750. The SMILES string of the molecule is C#CCNCC(C)(C)S(C)(=O)=O. The normalized spacial score (nSPS) is 12.5. The third-order valence-electron chi connectivity index (χ3n) is 1.78. The summed E-state index contributed by atoms with van der Waals surface area (Å²) in [6, 6.07) is 0. The zero-order valence-corrected chi connectivity index (χ0v) is 8.53. The van der Waals surface area contributed by atoms with Crippen LogP contribution in [0.25, 0.3) is 0 Å². The lowest BCUT2D eigenvalue weighted by atomic mass is 10.2. The second-order valence-corrected chi connectivity index (χ2v) is 5.99. The maximum Gasteiger partial charge on any atom is 0.153 e. The molecular weight excluding hydrogens is 174 g/mol. The molecule has 1 N–H and O–H groups in total. The van der Waals surface area contributed by atoms with Gasteiger partial charge < -0.3 is 5.32 Å². The minimum Gasteiger partial charge on any atom is -0.305 e. The summed E-state index contributed by atoms with van der Waals surface area (Å²) in [4.78, 5) is 0. The minimum absolute atomic E-state index is 0.385. The molecular formula is C8H15NO2S. The van der Waals surface area contributed by atoms with Crippen molar-refractivity contribution in [2.75, 3.05) is 19.3 Å². The highest BCUT2D eigenvalue weighted by Gasteiger charge is 2.29. The first-order chi connectivity index (χ1) is 5.31. The van der Waals surface area contributed by atoms with E-state index in [1.54, 1.807) is 13.8 Å². The summed E-state index contributed by atoms with van der Waals surface area (Å²) in [5.41, 5.74) is 0. The Bertz CT molecular complexity index is 272. The van der Waals surface area contributed by atoms with E-state index >= 15 is 0 Å². The second kappa shape index (κ2) is 3.92. The molecule has 0 aromatic rings. The molecule has 0 aliphatic carbocycles. The second-order valence-electron chi connectivity index (χ2n) is 3.34. The highest BCUT2D eigenvalue weighted by Crippen LogP contribution is 2.12. The molecule has 0 spiro atoms. The molecule has 0 bridgehead atoms. The van der Waals surface area contributed by atoms with Crippen LogP contribution >= 0.6 is 0 Å². The van der Waals surface area contributed by atoms with Crippen molar-refractivity contribution >= 4 is 9.84 Å². The number of hydrogen-bond donors (Lipinski definition) is 1. The summed E-state index contributed by atoms with van der Waals surface area (Å²) in [5, 5.41) is 2.87. The van der Waals surface area contributed by atoms with Gasteiger partial charge in [0.25, 0.3) is 0 Å². The van der Waals surface area contributed by atoms with Crippen molar-refractivity contribution < 1.29 is 8.42 Å². The predicted molar refractivity (Wildman–Crippen MR) is 50.6 cm³/mol. The van der Waals surface area contributed by atoms with Gasteiger partial charge in [-0.3, -0.25) is 0 Å². The molecule has 3 nitrogen and oxygen atoms in total. The molecule has 0 aliphatic rings. The van der Waals surface area contributed by atoms with E-state index in [2.05, 4.69) is 11.2 Å². The van der Waals surface area contributed by atoms with Crippen molar-refractivity contribution in [3.05, 3.63) is 0 Å². The van der Waals surface area contributed by atoms with E-state index in [0.717, 1.165) is 0 Å². The molecule has 0 rings (SSSR count). The number of rotatable bonds is 4. The van der Waals surface area contributed by atoms with Crippen molar-refractivity contribution in [1.82, 2.24) is 5.32 Å². The van der Waals surface area contributed by atoms with E-state index in [0.29, 0.717) is 13.1 Å². The molecule has 0 radical (unpaired) electrons. The molecule has 0 aromatic heterocycles. The lowest BCUT2D eigenvalue weighted by Gasteiger charge is -2.22. The minimum atomic E-state index is -3.01. The largest absolute Gasteiger partial charge is 0.305 e. The van der Waals surface area contributed by atoms with Gasteiger partial charge in [-0.05, 0) is 13.8 Å². The van der Waals surface area contributed by atoms with Gasteiger partial charge in [-0.25, -0.2) is 8.42 Å². The van der Waals surface area contributed by atoms with Gasteiger partial charge in [-0.15, -0.1) is 6.42 Å². The van der Waals surface area contributed by atoms with Crippen LogP contribution < -0.4 is 5.32 Å². The first-order valence-electron chi connectivity index (χ1n) is 3.65. The van der Waals surface area contributed by atoms with Gasteiger partial charge in [-0.1, -0.05) is 5.92 Å². The van der Waals surface area contributed by atoms with Crippen LogP contribution in [-0.2, 0) is 9.84 Å². The summed E-state index contributed by atoms with van der Waals surface area (Å²) >= 11 is 0. The van der Waals surface area contributed by atoms with E-state index in [4.69, 9.17) is 6.42 Å². The van der Waals surface area contributed by atoms with Crippen LogP contribution in [0.15, 0.2) is 0 Å². The summed E-state index contributed by atoms with van der Waals surface area (Å²) in [6.07, 6.45) is 6.23. The highest BCUT2D eigenvalue weighted by atomic mass is 32.2. The smallest absolute Gasteiger partial charge is 0.153 e. The molecule has 0 amide bonds. The molecule has 70 valence electrons. The van der Waals surface area contributed by atoms with E-state index in [1.165, 1.54) is 6.26 Å². The van der Waals surface area contributed by atoms with Crippen LogP contribution in [0.3, 0.4) is 0 Å². The van der Waals surface area contributed by atoms with Gasteiger partial charge in [0.15, 0.2) is 9.84 Å². The predicted octanol–water partition coefficient (Wildman–Crippen LogP) is 0.0324. The van der Waals surface area contributed by atoms with E-state index in [9.17, 15) is 8.42 Å². The average molecular weight is 189 g/mol. The standard InChI is InChI=1S/C8H15NO2S/c1-5-6-9-7-8(2,3)12(4,10)11/h1,9H,6-7H2,2-4H3. The Morgan fingerprint density at radius 1 is 1.50 bits per heavy atom. The van der Waals surface area contributed by atoms with Gasteiger partial charge in [0, 0.05) is 12.8 Å². The number of sulfone groups is 1. The third kappa shape index (κ3) is 3.24. The van der Waals surface area contributed by atoms with Crippen LogP contribution in [-0.4, -0.2) is 32.5 Å². The molecule has 0 aromatic carbocycles. The first kappa shape index (κ1) is 11.5. The first-order valence-corrected chi connectivity index (χ1v) is 5.54. The van der Waals surface area contributed by atoms with Crippen LogP contribution in [0.4, 0.5) is 0 Å². The van der Waals surface area contributed by atoms with Gasteiger partial charge >= 0.3 is 0 Å². The lowest BCUT2D eigenvalue weighted by molar-refractivity contribution is 0.533. The zero-order chi connectivity index (χ0) is 9.83. The molecule has 0 saturated carbocycles. The van der Waals surface area contributed by atoms with Crippen molar-refractivity contribution in [3.63, 3.8) is 0 Å². The quantitative estimate of drug-likeness (QED) is 0.501. The Morgan fingerprint density at radius 3 is 2.33 bits per heavy atom. The van der Waals surface area contributed by atoms with Crippen molar-refractivity contribution in [2.45, 2.75) is 18.6 Å². The Labute approximate surface area is 74.5 Å². The van der Waals surface area contributed by atoms with Gasteiger partial charge in [0.05, 0.1) is 11.3 Å². The van der Waals surface area contributed by atoms with E-state index < -0.39 is 14.6 Å². The molecule has 0 unspecified atom stereocenters. The molecule has 4 heteroatoms. The third-order valence-corrected chi connectivity index (χ3v) is 3.93. The van der Waals surface area contributed by atoms with Crippen LogP contribution in [0.1, 0.15) is 13.8 Å². The maximum atomic E-state index is 11.2. The van der Waals surface area contributed by atoms with Crippen LogP contribution in [0, 0.1) is 12.3 Å². The molecule has 0 heterocycles. The fourth-order valence-electron chi connectivity index (χ4n) is 0.567. The summed E-state index contributed by atoms with van der Waals surface area (Å²) < 4.78 is 21.6. The number of terminal acetylenes is 1. The molecule has 0 aliphatic heterocycles. The molecule has 12 heavy (non-hydrogen) atoms. The Hall–Kier alpha value is -0.530. The molecule has 0 fully saturated rings. The van der Waals surface area contributed by atoms with Crippen molar-refractivity contribution in [3.8, 4) is 12.3 Å². The van der Waals surface area contributed by atoms with E-state index in [-0.39, 0.29) is 0 Å². The fourth-order valence-corrected chi connectivity index (χ4v) is 0.931. The number of nitrogens with one attached hydrogen (secondary N) is 1. The highest BCUT2D eigenvalue weighted by molar-refractivity contribution is 7.92. The molecule has 0 saturated heterocycles. The van der Waals surface area contributed by atoms with E-state index in [1.807, 2.05) is 0 Å². The van der Waals surface area contributed by atoms with Crippen molar-refractivity contribution in [2.24, 2.45) is 0 Å². The van der Waals surface area contributed by atoms with Crippen LogP contribution in [0.2, 0.25) is 0 Å². The van der Waals surface area contributed by atoms with Gasteiger partial charge in [0.1, 0.15) is 0 Å². The molecule has 0 atom stereocenters. The summed E-state index contributed by atoms with van der Waals surface area (Å²) in [5.74, 6) is 2.39. The lowest BCUT2D eigenvalue weighted by Crippen LogP contribution is -2.41. The topological polar surface area (TPSA) is 46.2 Å². The zero-order valence-electron chi connectivity index (χ0n) is 7.72. The number of hydrogen-bond acceptors (Lipinski definition) is 3. The monoisotopic (exact) mass is 189 g/mol. The van der Waals surface area contributed by atoms with Crippen molar-refractivity contribution in [1.29, 1.82) is 0 Å². The Balaban J connectivity index is 4.18.